The van der Waals surface area contributed by atoms with Crippen LogP contribution in [0.3, 0.4) is 0 Å². The molecule has 0 spiro atoms. The summed E-state index contributed by atoms with van der Waals surface area (Å²) in [4.78, 5) is 81.8. The lowest BCUT2D eigenvalue weighted by Crippen LogP contribution is -2.54. The molecule has 0 saturated carbocycles. The number of nitrogens with one attached hydrogen (secondary N) is 2. The van der Waals surface area contributed by atoms with Crippen molar-refractivity contribution in [2.24, 2.45) is 15.0 Å². The van der Waals surface area contributed by atoms with Crippen LogP contribution in [-0.2, 0) is 35.5 Å². The maximum absolute atomic E-state index is 13.9. The number of aromatic nitrogens is 6. The maximum Gasteiger partial charge on any atom is 0.281 e. The number of benzene rings is 5. The van der Waals surface area contributed by atoms with Gasteiger partial charge in [0.25, 0.3) is 17.7 Å². The fourth-order valence-corrected chi connectivity index (χ4v) is 15.4. The molecule has 2 saturated heterocycles. The zero-order valence-corrected chi connectivity index (χ0v) is 62.5. The highest BCUT2D eigenvalue weighted by molar-refractivity contribution is 9.10. The molecule has 3 amide bonds. The maximum atomic E-state index is 13.9. The lowest BCUT2D eigenvalue weighted by molar-refractivity contribution is 0.0825. The number of methoxy groups -OCH3 is 2. The number of ether oxygens (including phenoxy) is 4. The molecule has 8 aliphatic heterocycles. The van der Waals surface area contributed by atoms with E-state index in [0.717, 1.165) is 142 Å². The van der Waals surface area contributed by atoms with Gasteiger partial charge in [-0.2, -0.15) is 9.97 Å². The SMILES string of the molecule is CCN1C(=O)c2c(nc(C#Cc3ccccc3)n2Cc2ccc(O)c(Cl)c2)N2C[C@@H](Cc3ccccc3)N=C12.CCN1C(=O)c2c(nc(NC3CCOCC3)n2Cc2ccc(OC)c(Br)c2)N2CCCN=C12.CCN1C(=O)c2c(nc(NC3CCOCC3)n2Cc2ccc(OC)c(Cl)c2)N2CCCN=C12. The van der Waals surface area contributed by atoms with Gasteiger partial charge < -0.3 is 39.3 Å². The first-order valence-corrected chi connectivity index (χ1v) is 37.5. The molecule has 8 aliphatic rings. The monoisotopic (exact) mass is 1520 g/mol. The molecule has 28 heteroatoms. The van der Waals surface area contributed by atoms with Gasteiger partial charge in [-0.3, -0.25) is 62.9 Å². The fourth-order valence-electron chi connectivity index (χ4n) is 14.3. The van der Waals surface area contributed by atoms with Gasteiger partial charge in [0, 0.05) is 89.9 Å². The summed E-state index contributed by atoms with van der Waals surface area (Å²) in [7, 11) is 3.25. The van der Waals surface area contributed by atoms with E-state index in [1.54, 1.807) is 47.1 Å². The Balaban J connectivity index is 0.000000133. The summed E-state index contributed by atoms with van der Waals surface area (Å²) < 4.78 is 28.5. The van der Waals surface area contributed by atoms with E-state index in [-0.39, 0.29) is 46.6 Å². The Kier molecular flexibility index (Phi) is 22.1. The molecule has 546 valence electrons. The summed E-state index contributed by atoms with van der Waals surface area (Å²) in [5.74, 6) is 13.4. The van der Waals surface area contributed by atoms with Crippen molar-refractivity contribution < 1.29 is 38.4 Å². The van der Waals surface area contributed by atoms with Crippen molar-refractivity contribution in [3.8, 4) is 29.1 Å². The smallest absolute Gasteiger partial charge is 0.281 e. The van der Waals surface area contributed by atoms with Gasteiger partial charge in [0.05, 0.1) is 61.0 Å². The van der Waals surface area contributed by atoms with Gasteiger partial charge >= 0.3 is 0 Å². The Morgan fingerprint density at radius 1 is 0.552 bits per heavy atom. The van der Waals surface area contributed by atoms with Crippen LogP contribution >= 0.6 is 39.1 Å². The van der Waals surface area contributed by atoms with Crippen molar-refractivity contribution in [1.29, 1.82) is 0 Å². The second kappa shape index (κ2) is 32.2. The van der Waals surface area contributed by atoms with Crippen molar-refractivity contribution in [1.82, 2.24) is 43.4 Å². The number of guanidine groups is 3. The van der Waals surface area contributed by atoms with E-state index in [9.17, 15) is 19.5 Å². The number of imidazole rings is 3. The summed E-state index contributed by atoms with van der Waals surface area (Å²) in [6.07, 6.45) is 6.27. The number of phenolic OH excluding ortho intramolecular Hbond substituents is 1. The first-order valence-electron chi connectivity index (χ1n) is 35.9. The quantitative estimate of drug-likeness (QED) is 0.0718. The predicted molar refractivity (Wildman–Crippen MR) is 411 cm³/mol. The number of carbonyl (C=O) groups is 3. The highest BCUT2D eigenvalue weighted by atomic mass is 79.9. The molecule has 5 aromatic carbocycles. The molecule has 3 N–H and O–H groups in total. The van der Waals surface area contributed by atoms with Gasteiger partial charge in [0.15, 0.2) is 40.4 Å². The minimum atomic E-state index is -0.159. The average molecular weight is 1530 g/mol. The Hall–Kier alpha value is -9.91. The summed E-state index contributed by atoms with van der Waals surface area (Å²) in [6.45, 7) is 15.4. The van der Waals surface area contributed by atoms with E-state index in [1.165, 1.54) is 5.56 Å². The molecule has 0 radical (unpaired) electrons. The largest absolute Gasteiger partial charge is 0.506 e. The number of amides is 3. The van der Waals surface area contributed by atoms with E-state index >= 15 is 0 Å². The van der Waals surface area contributed by atoms with Gasteiger partial charge in [0.2, 0.25) is 29.8 Å². The summed E-state index contributed by atoms with van der Waals surface area (Å²) in [5.41, 5.74) is 6.54. The number of fused-ring (bicyclic) bond motifs is 9. The molecule has 0 aliphatic carbocycles. The van der Waals surface area contributed by atoms with Crippen LogP contribution in [0.15, 0.2) is 135 Å². The first kappa shape index (κ1) is 72.1. The number of aliphatic imine (C=N–C) groups is 3. The third-order valence-corrected chi connectivity index (χ3v) is 20.8. The van der Waals surface area contributed by atoms with E-state index in [0.29, 0.717) is 115 Å². The second-order valence-corrected chi connectivity index (χ2v) is 28.1. The van der Waals surface area contributed by atoms with Crippen LogP contribution < -0.4 is 34.8 Å². The standard InChI is InChI=1S/C31H26ClN5O2.C23H29BrN6O3.C23H29ClN6O3/c1-2-35-30(39)28-29(37-20-24(33-31(35)37)17-22-11-7-4-8-12-22)34-27(16-14-21-9-5-3-6-10-21)36(28)19-23-13-15-26(38)25(32)18-23;2*1-3-28-21(31)19-20(29-10-4-9-25-23(28)29)27-22(26-16-7-11-33-12-8-16)30(19)14-15-5-6-18(32-2)17(24)13-15/h3-13,15,18,24,38H,2,17,19-20H2,1H3;2*5-6,13,16H,3-4,7-12,14H2,1-2H3,(H,26,27)/t24-;;/m1../s1. The lowest BCUT2D eigenvalue weighted by Gasteiger charge is -2.38. The van der Waals surface area contributed by atoms with Crippen molar-refractivity contribution in [2.75, 3.05) is 118 Å². The van der Waals surface area contributed by atoms with Crippen LogP contribution in [0.5, 0.6) is 17.2 Å². The van der Waals surface area contributed by atoms with Gasteiger partial charge in [0.1, 0.15) is 17.2 Å². The second-order valence-electron chi connectivity index (χ2n) is 26.4. The van der Waals surface area contributed by atoms with Gasteiger partial charge in [-0.15, -0.1) is 0 Å². The highest BCUT2D eigenvalue weighted by Crippen LogP contribution is 2.39. The molecular weight excluding hydrogens is 1440 g/mol. The van der Waals surface area contributed by atoms with Gasteiger partial charge in [-0.25, -0.2) is 9.98 Å². The van der Waals surface area contributed by atoms with E-state index < -0.39 is 0 Å². The molecule has 0 bridgehead atoms. The third kappa shape index (κ3) is 15.1. The molecule has 16 rings (SSSR count). The van der Waals surface area contributed by atoms with E-state index in [4.69, 9.17) is 62.1 Å². The number of aromatic hydroxyl groups is 1. The van der Waals surface area contributed by atoms with Crippen molar-refractivity contribution >= 4 is 104 Å². The number of carbonyl (C=O) groups excluding carboxylic acids is 3. The van der Waals surface area contributed by atoms with Crippen LogP contribution in [0.4, 0.5) is 29.4 Å². The van der Waals surface area contributed by atoms with Gasteiger partial charge in [-0.05, 0) is 158 Å². The number of nitrogens with zero attached hydrogens (tertiary/aromatic N) is 15. The van der Waals surface area contributed by atoms with Crippen molar-refractivity contribution in [2.45, 2.75) is 103 Å². The summed E-state index contributed by atoms with van der Waals surface area (Å²) in [6, 6.07) is 37.1. The highest BCUT2D eigenvalue weighted by Gasteiger charge is 2.45. The first-order chi connectivity index (χ1) is 51.2. The molecule has 11 heterocycles. The van der Waals surface area contributed by atoms with Crippen LogP contribution in [0.2, 0.25) is 10.0 Å². The summed E-state index contributed by atoms with van der Waals surface area (Å²) in [5, 5.41) is 17.9. The minimum Gasteiger partial charge on any atom is -0.506 e. The predicted octanol–water partition coefficient (Wildman–Crippen LogP) is 11.5. The van der Waals surface area contributed by atoms with Crippen LogP contribution in [0.25, 0.3) is 0 Å². The summed E-state index contributed by atoms with van der Waals surface area (Å²) >= 11 is 16.2. The number of hydrogen-bond donors (Lipinski definition) is 3. The number of halogens is 3. The zero-order chi connectivity index (χ0) is 72.8. The third-order valence-electron chi connectivity index (χ3n) is 19.6. The Morgan fingerprint density at radius 2 is 1.03 bits per heavy atom. The Bertz CT molecular complexity index is 4540. The Labute approximate surface area is 628 Å². The average Bonchev–Trinajstić information content (AvgIpc) is 1.58. The minimum absolute atomic E-state index is 0.00453. The molecule has 1 atom stereocenters. The van der Waals surface area contributed by atoms with Crippen LogP contribution in [-0.4, -0.2) is 195 Å². The normalized spacial score (nSPS) is 17.6. The molecular formula is C77H84BrCl2N17O8. The molecule has 105 heavy (non-hydrogen) atoms. The van der Waals surface area contributed by atoms with Crippen molar-refractivity contribution in [3.63, 3.8) is 0 Å². The zero-order valence-electron chi connectivity index (χ0n) is 59.4. The molecule has 8 aromatic rings. The number of phenols is 1. The van der Waals surface area contributed by atoms with E-state index in [1.807, 2.05) is 124 Å². The number of anilines is 5. The molecule has 3 aromatic heterocycles. The number of hydrogen-bond acceptors (Lipinski definition) is 19. The number of rotatable bonds is 17. The topological polar surface area (TPSA) is 242 Å². The molecule has 25 nitrogen and oxygen atoms in total. The molecule has 2 fully saturated rings. The van der Waals surface area contributed by atoms with Crippen molar-refractivity contribution in [3.05, 3.63) is 181 Å². The van der Waals surface area contributed by atoms with Crippen LogP contribution in [0.1, 0.15) is 124 Å². The fraction of sp³-hybridized carbons (Fsp3) is 0.390. The Morgan fingerprint density at radius 3 is 1.54 bits per heavy atom. The van der Waals surface area contributed by atoms with Crippen LogP contribution in [0, 0.1) is 11.8 Å². The van der Waals surface area contributed by atoms with E-state index in [2.05, 4.69) is 70.3 Å². The lowest BCUT2D eigenvalue weighted by atomic mass is 10.1. The molecule has 0 unspecified atom stereocenters. The van der Waals surface area contributed by atoms with Gasteiger partial charge in [-0.1, -0.05) is 95.9 Å².